The van der Waals surface area contributed by atoms with Crippen LogP contribution in [0, 0.1) is 5.82 Å². The molecule has 41 heavy (non-hydrogen) atoms. The van der Waals surface area contributed by atoms with Crippen LogP contribution in [-0.2, 0) is 15.3 Å². The van der Waals surface area contributed by atoms with Gasteiger partial charge in [0.1, 0.15) is 11.6 Å². The summed E-state index contributed by atoms with van der Waals surface area (Å²) in [6, 6.07) is 21.6. The Kier molecular flexibility index (Phi) is 8.91. The van der Waals surface area contributed by atoms with Crippen LogP contribution in [0.15, 0.2) is 101 Å². The molecule has 0 radical (unpaired) electrons. The zero-order valence-corrected chi connectivity index (χ0v) is 23.7. The number of aromatic nitrogens is 2. The van der Waals surface area contributed by atoms with Gasteiger partial charge >= 0.3 is 0 Å². The van der Waals surface area contributed by atoms with E-state index in [9.17, 15) is 19.1 Å². The Labute approximate surface area is 245 Å². The lowest BCUT2D eigenvalue weighted by atomic mass is 9.95. The molecule has 0 aliphatic carbocycles. The Hall–Kier alpha value is -4.28. The van der Waals surface area contributed by atoms with E-state index in [1.165, 1.54) is 46.2 Å². The molecule has 2 heterocycles. The fourth-order valence-corrected chi connectivity index (χ4v) is 6.10. The van der Waals surface area contributed by atoms with Crippen molar-refractivity contribution in [1.29, 1.82) is 0 Å². The molecule has 1 atom stereocenters. The number of benzene rings is 3. The molecule has 0 spiro atoms. The van der Waals surface area contributed by atoms with Gasteiger partial charge < -0.3 is 9.84 Å². The van der Waals surface area contributed by atoms with E-state index >= 15 is 0 Å². The maximum absolute atomic E-state index is 13.5. The Bertz CT molecular complexity index is 1600. The van der Waals surface area contributed by atoms with Crippen molar-refractivity contribution in [3.63, 3.8) is 0 Å². The smallest absolute Gasteiger partial charge is 0.296 e. The lowest BCUT2D eigenvalue weighted by Gasteiger charge is -2.24. The molecule has 1 N–H and O–H groups in total. The lowest BCUT2D eigenvalue weighted by molar-refractivity contribution is -0.117. The standard InChI is InChI=1S/C31H26FN3O4S2/c1-2-17-39-24-10-6-9-22(18-24)27-26(25(36)16-13-20-7-4-3-5-8-20)28(37)29(38)35(27)30-33-34-31(41-30)40-19-21-11-14-23(32)15-12-21/h3-16,18,27,37H,2,17,19H2,1H3/b16-13+. The summed E-state index contributed by atoms with van der Waals surface area (Å²) in [5, 5.41) is 19.7. The molecule has 7 nitrogen and oxygen atoms in total. The number of amides is 1. The minimum atomic E-state index is -0.941. The molecule has 1 aliphatic heterocycles. The molecule has 4 aromatic rings. The number of anilines is 1. The first-order chi connectivity index (χ1) is 19.9. The second-order valence-electron chi connectivity index (χ2n) is 9.13. The summed E-state index contributed by atoms with van der Waals surface area (Å²) in [5.41, 5.74) is 2.25. The highest BCUT2D eigenvalue weighted by molar-refractivity contribution is 8.00. The first-order valence-electron chi connectivity index (χ1n) is 12.9. The molecule has 1 amide bonds. The van der Waals surface area contributed by atoms with Gasteiger partial charge in [-0.2, -0.15) is 0 Å². The van der Waals surface area contributed by atoms with Crippen LogP contribution in [0.4, 0.5) is 9.52 Å². The van der Waals surface area contributed by atoms with Crippen molar-refractivity contribution in [2.24, 2.45) is 0 Å². The van der Waals surface area contributed by atoms with E-state index in [4.69, 9.17) is 4.74 Å². The highest BCUT2D eigenvalue weighted by atomic mass is 32.2. The van der Waals surface area contributed by atoms with Crippen molar-refractivity contribution in [2.45, 2.75) is 29.5 Å². The molecular formula is C31H26FN3O4S2. The van der Waals surface area contributed by atoms with Crippen molar-refractivity contribution in [3.05, 3.63) is 119 Å². The summed E-state index contributed by atoms with van der Waals surface area (Å²) in [6.45, 7) is 2.51. The average molecular weight is 588 g/mol. The number of carbonyl (C=O) groups is 2. The molecule has 0 fully saturated rings. The summed E-state index contributed by atoms with van der Waals surface area (Å²) in [5.74, 6) is -1.06. The third-order valence-corrected chi connectivity index (χ3v) is 8.35. The zero-order chi connectivity index (χ0) is 28.8. The molecule has 208 valence electrons. The number of hydrogen-bond acceptors (Lipinski definition) is 8. The van der Waals surface area contributed by atoms with Crippen LogP contribution in [0.3, 0.4) is 0 Å². The van der Waals surface area contributed by atoms with Crippen LogP contribution >= 0.6 is 23.1 Å². The van der Waals surface area contributed by atoms with Crippen molar-refractivity contribution < 1.29 is 23.8 Å². The van der Waals surface area contributed by atoms with Gasteiger partial charge in [-0.15, -0.1) is 10.2 Å². The third-order valence-electron chi connectivity index (χ3n) is 6.22. The number of allylic oxidation sites excluding steroid dienone is 1. The highest BCUT2D eigenvalue weighted by Gasteiger charge is 2.45. The van der Waals surface area contributed by atoms with Gasteiger partial charge in [0, 0.05) is 5.75 Å². The van der Waals surface area contributed by atoms with Crippen LogP contribution in [0.1, 0.15) is 36.1 Å². The first kappa shape index (κ1) is 28.3. The highest BCUT2D eigenvalue weighted by Crippen LogP contribution is 2.44. The molecule has 5 rings (SSSR count). The van der Waals surface area contributed by atoms with Crippen molar-refractivity contribution in [2.75, 3.05) is 11.5 Å². The van der Waals surface area contributed by atoms with E-state index in [0.29, 0.717) is 28.0 Å². The first-order valence-corrected chi connectivity index (χ1v) is 14.7. The average Bonchev–Trinajstić information content (AvgIpc) is 3.57. The second-order valence-corrected chi connectivity index (χ2v) is 11.3. The maximum Gasteiger partial charge on any atom is 0.296 e. The van der Waals surface area contributed by atoms with E-state index in [0.717, 1.165) is 17.5 Å². The van der Waals surface area contributed by atoms with Crippen molar-refractivity contribution in [1.82, 2.24) is 10.2 Å². The summed E-state index contributed by atoms with van der Waals surface area (Å²) < 4.78 is 19.6. The monoisotopic (exact) mass is 587 g/mol. The Morgan fingerprint density at radius 3 is 2.63 bits per heavy atom. The minimum absolute atomic E-state index is 0.0504. The van der Waals surface area contributed by atoms with Crippen LogP contribution in [-0.4, -0.2) is 33.6 Å². The fraction of sp³-hybridized carbons (Fsp3) is 0.161. The van der Waals surface area contributed by atoms with E-state index in [1.807, 2.05) is 37.3 Å². The van der Waals surface area contributed by atoms with Crippen molar-refractivity contribution >= 4 is 46.0 Å². The molecule has 0 bridgehead atoms. The predicted molar refractivity (Wildman–Crippen MR) is 158 cm³/mol. The number of ether oxygens (including phenoxy) is 1. The molecule has 0 saturated carbocycles. The van der Waals surface area contributed by atoms with Gasteiger partial charge in [-0.05, 0) is 53.5 Å². The minimum Gasteiger partial charge on any atom is -0.503 e. The quantitative estimate of drug-likeness (QED) is 0.115. The number of nitrogens with zero attached hydrogens (tertiary/aromatic N) is 3. The van der Waals surface area contributed by atoms with E-state index in [1.54, 1.807) is 42.5 Å². The van der Waals surface area contributed by atoms with Crippen LogP contribution in [0.25, 0.3) is 6.08 Å². The SMILES string of the molecule is CCCOc1cccc(C2C(C(=O)/C=C/c3ccccc3)=C(O)C(=O)N2c2nnc(SCc3ccc(F)cc3)s2)c1. The molecule has 1 unspecified atom stereocenters. The van der Waals surface area contributed by atoms with Gasteiger partial charge in [-0.1, -0.05) is 90.7 Å². The van der Waals surface area contributed by atoms with E-state index < -0.39 is 23.5 Å². The predicted octanol–water partition coefficient (Wildman–Crippen LogP) is 6.94. The number of hydrogen-bond donors (Lipinski definition) is 1. The van der Waals surface area contributed by atoms with Gasteiger partial charge in [-0.25, -0.2) is 4.39 Å². The Morgan fingerprint density at radius 2 is 1.88 bits per heavy atom. The van der Waals surface area contributed by atoms with Crippen LogP contribution in [0.5, 0.6) is 5.75 Å². The number of carbonyl (C=O) groups excluding carboxylic acids is 2. The summed E-state index contributed by atoms with van der Waals surface area (Å²) in [6.07, 6.45) is 3.81. The van der Waals surface area contributed by atoms with E-state index in [2.05, 4.69) is 10.2 Å². The summed E-state index contributed by atoms with van der Waals surface area (Å²) in [7, 11) is 0. The van der Waals surface area contributed by atoms with E-state index in [-0.39, 0.29) is 16.5 Å². The molecule has 10 heteroatoms. The largest absolute Gasteiger partial charge is 0.503 e. The van der Waals surface area contributed by atoms with Gasteiger partial charge in [0.2, 0.25) is 5.13 Å². The molecule has 0 saturated heterocycles. The number of aliphatic hydroxyl groups excluding tert-OH is 1. The second kappa shape index (κ2) is 12.9. The fourth-order valence-electron chi connectivity index (χ4n) is 4.27. The Morgan fingerprint density at radius 1 is 1.10 bits per heavy atom. The molecule has 1 aliphatic rings. The van der Waals surface area contributed by atoms with Gasteiger partial charge in [0.25, 0.3) is 5.91 Å². The zero-order valence-electron chi connectivity index (χ0n) is 22.1. The number of rotatable bonds is 11. The maximum atomic E-state index is 13.5. The van der Waals surface area contributed by atoms with Gasteiger partial charge in [-0.3, -0.25) is 14.5 Å². The topological polar surface area (TPSA) is 92.6 Å². The number of ketones is 1. The molecule has 3 aromatic carbocycles. The van der Waals surface area contributed by atoms with Gasteiger partial charge in [0.05, 0.1) is 18.2 Å². The number of aliphatic hydroxyl groups is 1. The Balaban J connectivity index is 1.47. The lowest BCUT2D eigenvalue weighted by Crippen LogP contribution is -2.30. The molecule has 1 aromatic heterocycles. The molecular weight excluding hydrogens is 561 g/mol. The normalized spacial score (nSPS) is 15.2. The van der Waals surface area contributed by atoms with Crippen molar-refractivity contribution in [3.8, 4) is 5.75 Å². The third kappa shape index (κ3) is 6.55. The number of halogens is 1. The summed E-state index contributed by atoms with van der Waals surface area (Å²) in [4.78, 5) is 28.3. The van der Waals surface area contributed by atoms with Gasteiger partial charge in [0.15, 0.2) is 15.9 Å². The van der Waals surface area contributed by atoms with Crippen LogP contribution < -0.4 is 9.64 Å². The number of thioether (sulfide) groups is 1. The van der Waals surface area contributed by atoms with Crippen LogP contribution in [0.2, 0.25) is 0 Å². The summed E-state index contributed by atoms with van der Waals surface area (Å²) >= 11 is 2.56.